The standard InChI is InChI=1S/C21H34N4OS/c1-21(2,3)15-19(17-5-4-8-22-16-17)23-20(26)25-9-6-18(7-10-25)24-11-13-27-14-12-24/h4-5,8,16,18-19H,6-7,9-15H2,1-3H3,(H,23,26)/t19-/m0/s1. The fourth-order valence-corrected chi connectivity index (χ4v) is 5.00. The highest BCUT2D eigenvalue weighted by Gasteiger charge is 2.29. The second kappa shape index (κ2) is 9.28. The first-order valence-electron chi connectivity index (χ1n) is 10.2. The van der Waals surface area contributed by atoms with Crippen molar-refractivity contribution in [3.8, 4) is 0 Å². The second-order valence-corrected chi connectivity index (χ2v) is 10.1. The number of pyridine rings is 1. The molecule has 1 atom stereocenters. The van der Waals surface area contributed by atoms with Crippen LogP contribution in [0.15, 0.2) is 24.5 Å². The Balaban J connectivity index is 1.56. The quantitative estimate of drug-likeness (QED) is 0.850. The van der Waals surface area contributed by atoms with E-state index >= 15 is 0 Å². The van der Waals surface area contributed by atoms with Gasteiger partial charge in [-0.15, -0.1) is 0 Å². The lowest BCUT2D eigenvalue weighted by Crippen LogP contribution is -2.51. The molecule has 0 saturated carbocycles. The van der Waals surface area contributed by atoms with Crippen LogP contribution >= 0.6 is 11.8 Å². The van der Waals surface area contributed by atoms with E-state index in [1.807, 2.05) is 17.2 Å². The Morgan fingerprint density at radius 1 is 1.26 bits per heavy atom. The van der Waals surface area contributed by atoms with Gasteiger partial charge in [0.2, 0.25) is 0 Å². The average molecular weight is 391 g/mol. The number of carbonyl (C=O) groups is 1. The summed E-state index contributed by atoms with van der Waals surface area (Å²) in [5, 5.41) is 3.28. The molecule has 3 heterocycles. The highest BCUT2D eigenvalue weighted by atomic mass is 32.2. The maximum Gasteiger partial charge on any atom is 0.317 e. The highest BCUT2D eigenvalue weighted by Crippen LogP contribution is 2.29. The minimum Gasteiger partial charge on any atom is -0.331 e. The van der Waals surface area contributed by atoms with Crippen LogP contribution in [0.2, 0.25) is 0 Å². The third kappa shape index (κ3) is 6.11. The third-order valence-corrected chi connectivity index (χ3v) is 6.46. The summed E-state index contributed by atoms with van der Waals surface area (Å²) in [4.78, 5) is 21.8. The molecule has 150 valence electrons. The number of nitrogens with zero attached hydrogens (tertiary/aromatic N) is 3. The molecule has 1 aromatic rings. The number of nitrogens with one attached hydrogen (secondary N) is 1. The molecule has 1 aromatic heterocycles. The van der Waals surface area contributed by atoms with E-state index in [0.717, 1.165) is 37.9 Å². The van der Waals surface area contributed by atoms with Gasteiger partial charge >= 0.3 is 6.03 Å². The predicted octanol–water partition coefficient (Wildman–Crippen LogP) is 3.78. The molecular weight excluding hydrogens is 356 g/mol. The first-order chi connectivity index (χ1) is 12.9. The van der Waals surface area contributed by atoms with Gasteiger partial charge in [-0.3, -0.25) is 9.88 Å². The Bertz CT molecular complexity index is 590. The van der Waals surface area contributed by atoms with Crippen molar-refractivity contribution in [2.45, 2.75) is 52.1 Å². The van der Waals surface area contributed by atoms with E-state index in [-0.39, 0.29) is 17.5 Å². The van der Waals surface area contributed by atoms with Crippen molar-refractivity contribution < 1.29 is 4.79 Å². The molecule has 0 radical (unpaired) electrons. The predicted molar refractivity (Wildman–Crippen MR) is 113 cm³/mol. The van der Waals surface area contributed by atoms with Gasteiger partial charge in [-0.1, -0.05) is 26.8 Å². The summed E-state index contributed by atoms with van der Waals surface area (Å²) >= 11 is 2.06. The summed E-state index contributed by atoms with van der Waals surface area (Å²) in [6.45, 7) is 10.8. The van der Waals surface area contributed by atoms with Crippen LogP contribution in [0.4, 0.5) is 4.79 Å². The molecule has 2 saturated heterocycles. The lowest BCUT2D eigenvalue weighted by Gasteiger charge is -2.40. The van der Waals surface area contributed by atoms with E-state index in [2.05, 4.69) is 53.8 Å². The summed E-state index contributed by atoms with van der Waals surface area (Å²) in [6.07, 6.45) is 6.73. The maximum absolute atomic E-state index is 12.9. The number of hydrogen-bond acceptors (Lipinski definition) is 4. The molecule has 0 unspecified atom stereocenters. The van der Waals surface area contributed by atoms with Crippen LogP contribution in [-0.2, 0) is 0 Å². The second-order valence-electron chi connectivity index (χ2n) is 8.92. The molecule has 5 nitrogen and oxygen atoms in total. The highest BCUT2D eigenvalue weighted by molar-refractivity contribution is 7.99. The number of likely N-dealkylation sites (tertiary alicyclic amines) is 1. The molecule has 0 spiro atoms. The molecule has 2 aliphatic heterocycles. The van der Waals surface area contributed by atoms with E-state index in [1.165, 1.54) is 24.6 Å². The zero-order chi connectivity index (χ0) is 19.3. The van der Waals surface area contributed by atoms with Crippen LogP contribution < -0.4 is 5.32 Å². The van der Waals surface area contributed by atoms with Crippen LogP contribution in [0.5, 0.6) is 0 Å². The molecule has 6 heteroatoms. The van der Waals surface area contributed by atoms with Crippen LogP contribution in [0, 0.1) is 5.41 Å². The molecule has 0 aromatic carbocycles. The molecule has 1 N–H and O–H groups in total. The topological polar surface area (TPSA) is 48.5 Å². The number of carbonyl (C=O) groups excluding carboxylic acids is 1. The van der Waals surface area contributed by atoms with E-state index in [0.29, 0.717) is 6.04 Å². The van der Waals surface area contributed by atoms with E-state index in [1.54, 1.807) is 6.20 Å². The molecule has 27 heavy (non-hydrogen) atoms. The molecule has 2 aliphatic rings. The third-order valence-electron chi connectivity index (χ3n) is 5.51. The molecule has 2 fully saturated rings. The number of rotatable bonds is 4. The Hall–Kier alpha value is -1.27. The minimum atomic E-state index is 0.00282. The SMILES string of the molecule is CC(C)(C)C[C@H](NC(=O)N1CCC(N2CCSCC2)CC1)c1cccnc1. The van der Waals surface area contributed by atoms with Gasteiger partial charge in [-0.05, 0) is 36.3 Å². The molecule has 0 bridgehead atoms. The number of hydrogen-bond donors (Lipinski definition) is 1. The summed E-state index contributed by atoms with van der Waals surface area (Å²) in [5.41, 5.74) is 1.22. The Morgan fingerprint density at radius 2 is 1.96 bits per heavy atom. The number of thioether (sulfide) groups is 1. The normalized spacial score (nSPS) is 21.1. The number of aromatic nitrogens is 1. The van der Waals surface area contributed by atoms with Crippen molar-refractivity contribution in [3.05, 3.63) is 30.1 Å². The van der Waals surface area contributed by atoms with E-state index < -0.39 is 0 Å². The van der Waals surface area contributed by atoms with Crippen molar-refractivity contribution >= 4 is 17.8 Å². The van der Waals surface area contributed by atoms with Gasteiger partial charge in [0.25, 0.3) is 0 Å². The zero-order valence-corrected chi connectivity index (χ0v) is 17.8. The first-order valence-corrected chi connectivity index (χ1v) is 11.3. The minimum absolute atomic E-state index is 0.00282. The summed E-state index contributed by atoms with van der Waals surface area (Å²) < 4.78 is 0. The maximum atomic E-state index is 12.9. The largest absolute Gasteiger partial charge is 0.331 e. The lowest BCUT2D eigenvalue weighted by atomic mass is 9.86. The molecule has 3 rings (SSSR count). The van der Waals surface area contributed by atoms with Crippen molar-refractivity contribution in [2.24, 2.45) is 5.41 Å². The molecule has 0 aliphatic carbocycles. The van der Waals surface area contributed by atoms with Crippen LogP contribution in [0.1, 0.15) is 51.6 Å². The fraction of sp³-hybridized carbons (Fsp3) is 0.714. The molecule has 2 amide bonds. The monoisotopic (exact) mass is 390 g/mol. The molecular formula is C21H34N4OS. The Labute approximate surface area is 168 Å². The van der Waals surface area contributed by atoms with E-state index in [9.17, 15) is 4.79 Å². The van der Waals surface area contributed by atoms with Crippen LogP contribution in [-0.4, -0.2) is 64.5 Å². The van der Waals surface area contributed by atoms with Crippen LogP contribution in [0.3, 0.4) is 0 Å². The smallest absolute Gasteiger partial charge is 0.317 e. The van der Waals surface area contributed by atoms with Gasteiger partial charge in [0.1, 0.15) is 0 Å². The van der Waals surface area contributed by atoms with Gasteiger partial charge in [-0.2, -0.15) is 11.8 Å². The van der Waals surface area contributed by atoms with Crippen molar-refractivity contribution in [1.82, 2.24) is 20.1 Å². The summed E-state index contributed by atoms with van der Waals surface area (Å²) in [7, 11) is 0. The van der Waals surface area contributed by atoms with Crippen LogP contribution in [0.25, 0.3) is 0 Å². The van der Waals surface area contributed by atoms with Crippen molar-refractivity contribution in [3.63, 3.8) is 0 Å². The van der Waals surface area contributed by atoms with Gasteiger partial charge in [0.05, 0.1) is 6.04 Å². The van der Waals surface area contributed by atoms with Gasteiger partial charge < -0.3 is 10.2 Å². The first kappa shape index (κ1) is 20.5. The summed E-state index contributed by atoms with van der Waals surface area (Å²) in [6, 6.07) is 4.73. The van der Waals surface area contributed by atoms with E-state index in [4.69, 9.17) is 0 Å². The number of urea groups is 1. The van der Waals surface area contributed by atoms with Gasteiger partial charge in [0, 0.05) is 56.1 Å². The zero-order valence-electron chi connectivity index (χ0n) is 17.0. The van der Waals surface area contributed by atoms with Gasteiger partial charge in [-0.25, -0.2) is 4.79 Å². The van der Waals surface area contributed by atoms with Crippen molar-refractivity contribution in [2.75, 3.05) is 37.7 Å². The van der Waals surface area contributed by atoms with Gasteiger partial charge in [0.15, 0.2) is 0 Å². The van der Waals surface area contributed by atoms with Crippen molar-refractivity contribution in [1.29, 1.82) is 0 Å². The Morgan fingerprint density at radius 3 is 2.56 bits per heavy atom. The number of amides is 2. The number of piperidine rings is 1. The summed E-state index contributed by atoms with van der Waals surface area (Å²) in [5.74, 6) is 2.50. The lowest BCUT2D eigenvalue weighted by molar-refractivity contribution is 0.122. The fourth-order valence-electron chi connectivity index (χ4n) is 4.06. The average Bonchev–Trinajstić information content (AvgIpc) is 2.68. The Kier molecular flexibility index (Phi) is 7.04.